The third-order valence-corrected chi connectivity index (χ3v) is 6.63. The van der Waals surface area contributed by atoms with Crippen LogP contribution in [0, 0.1) is 13.8 Å². The fourth-order valence-corrected chi connectivity index (χ4v) is 4.82. The summed E-state index contributed by atoms with van der Waals surface area (Å²) >= 11 is 1.41. The van der Waals surface area contributed by atoms with Crippen LogP contribution in [-0.4, -0.2) is 33.2 Å². The van der Waals surface area contributed by atoms with Gasteiger partial charge < -0.3 is 5.32 Å². The van der Waals surface area contributed by atoms with Gasteiger partial charge in [0, 0.05) is 18.2 Å². The van der Waals surface area contributed by atoms with Crippen molar-refractivity contribution in [3.63, 3.8) is 0 Å². The second-order valence-electron chi connectivity index (χ2n) is 8.03. The number of amides is 2. The number of hydrogen-bond acceptors (Lipinski definition) is 4. The molecule has 2 aliphatic rings. The van der Waals surface area contributed by atoms with Crippen LogP contribution in [0.25, 0.3) is 0 Å². The van der Waals surface area contributed by atoms with E-state index in [1.165, 1.54) is 17.3 Å². The van der Waals surface area contributed by atoms with Gasteiger partial charge in [0.2, 0.25) is 11.8 Å². The summed E-state index contributed by atoms with van der Waals surface area (Å²) < 4.78 is 0. The van der Waals surface area contributed by atoms with Gasteiger partial charge in [-0.2, -0.15) is 0 Å². The van der Waals surface area contributed by atoms with Gasteiger partial charge in [0.05, 0.1) is 5.69 Å². The average Bonchev–Trinajstić information content (AvgIpc) is 3.50. The summed E-state index contributed by atoms with van der Waals surface area (Å²) in [7, 11) is 0. The number of carbonyl (C=O) groups excluding carboxylic acids is 2. The molecule has 0 bridgehead atoms. The van der Waals surface area contributed by atoms with Crippen molar-refractivity contribution in [1.82, 2.24) is 4.90 Å². The SMILES string of the molecule is CCc1ccc(N=C2S[C@H](CC(=O)Nc3ccc(C)cc3C)C(=O)N2C2CC2)cc1. The van der Waals surface area contributed by atoms with Crippen molar-refractivity contribution in [3.8, 4) is 0 Å². The minimum atomic E-state index is -0.426. The van der Waals surface area contributed by atoms with E-state index >= 15 is 0 Å². The summed E-state index contributed by atoms with van der Waals surface area (Å²) in [5.41, 5.74) is 5.07. The zero-order valence-electron chi connectivity index (χ0n) is 17.6. The highest BCUT2D eigenvalue weighted by Crippen LogP contribution is 2.39. The van der Waals surface area contributed by atoms with Gasteiger partial charge in [-0.3, -0.25) is 14.5 Å². The molecule has 0 aromatic heterocycles. The maximum Gasteiger partial charge on any atom is 0.242 e. The summed E-state index contributed by atoms with van der Waals surface area (Å²) in [4.78, 5) is 32.2. The van der Waals surface area contributed by atoms with E-state index < -0.39 is 5.25 Å². The molecule has 0 radical (unpaired) electrons. The topological polar surface area (TPSA) is 61.8 Å². The number of benzene rings is 2. The standard InChI is InChI=1S/C24H27N3O2S/c1-4-17-6-8-18(9-7-17)25-24-27(19-10-11-19)23(29)21(30-24)14-22(28)26-20-12-5-15(2)13-16(20)3/h5-9,12-13,19,21H,4,10-11,14H2,1-3H3,(H,26,28)/t21-/m1/s1. The Morgan fingerprint density at radius 2 is 1.90 bits per heavy atom. The number of carbonyl (C=O) groups is 2. The maximum atomic E-state index is 13.0. The number of aliphatic imine (C=N–C) groups is 1. The van der Waals surface area contributed by atoms with E-state index in [2.05, 4.69) is 24.4 Å². The second-order valence-corrected chi connectivity index (χ2v) is 9.20. The lowest BCUT2D eigenvalue weighted by atomic mass is 10.1. The molecule has 1 saturated heterocycles. The minimum absolute atomic E-state index is 0.00204. The Bertz CT molecular complexity index is 996. The normalized spacial score (nSPS) is 20.1. The van der Waals surface area contributed by atoms with Gasteiger partial charge in [-0.05, 0) is 62.4 Å². The molecule has 2 aromatic rings. The van der Waals surface area contributed by atoms with Crippen LogP contribution >= 0.6 is 11.8 Å². The van der Waals surface area contributed by atoms with E-state index in [0.717, 1.165) is 46.9 Å². The van der Waals surface area contributed by atoms with Gasteiger partial charge in [0.1, 0.15) is 5.25 Å². The first-order valence-corrected chi connectivity index (χ1v) is 11.4. The molecule has 2 fully saturated rings. The Morgan fingerprint density at radius 1 is 1.17 bits per heavy atom. The van der Waals surface area contributed by atoms with E-state index in [9.17, 15) is 9.59 Å². The molecule has 1 N–H and O–H groups in total. The first-order valence-electron chi connectivity index (χ1n) is 10.5. The van der Waals surface area contributed by atoms with E-state index in [0.29, 0.717) is 0 Å². The van der Waals surface area contributed by atoms with Gasteiger partial charge in [0.25, 0.3) is 0 Å². The molecule has 6 heteroatoms. The Hall–Kier alpha value is -2.60. The smallest absolute Gasteiger partial charge is 0.242 e. The molecule has 1 aliphatic carbocycles. The number of nitrogens with one attached hydrogen (secondary N) is 1. The Labute approximate surface area is 182 Å². The van der Waals surface area contributed by atoms with E-state index in [1.54, 1.807) is 0 Å². The lowest BCUT2D eigenvalue weighted by Crippen LogP contribution is -2.35. The first-order chi connectivity index (χ1) is 14.4. The zero-order valence-corrected chi connectivity index (χ0v) is 18.5. The first kappa shape index (κ1) is 20.7. The van der Waals surface area contributed by atoms with Gasteiger partial charge in [0.15, 0.2) is 5.17 Å². The van der Waals surface area contributed by atoms with Crippen molar-refractivity contribution in [2.45, 2.75) is 57.7 Å². The van der Waals surface area contributed by atoms with Crippen LogP contribution in [0.1, 0.15) is 42.9 Å². The largest absolute Gasteiger partial charge is 0.326 e. The van der Waals surface area contributed by atoms with Crippen LogP contribution in [-0.2, 0) is 16.0 Å². The Balaban J connectivity index is 1.48. The molecule has 1 heterocycles. The van der Waals surface area contributed by atoms with Gasteiger partial charge in [-0.15, -0.1) is 0 Å². The molecule has 0 unspecified atom stereocenters. The van der Waals surface area contributed by atoms with Crippen molar-refractivity contribution in [1.29, 1.82) is 0 Å². The molecular formula is C24H27N3O2S. The summed E-state index contributed by atoms with van der Waals surface area (Å²) in [6.07, 6.45) is 3.13. The highest BCUT2D eigenvalue weighted by atomic mass is 32.2. The lowest BCUT2D eigenvalue weighted by Gasteiger charge is -2.15. The Kier molecular flexibility index (Phi) is 5.95. The van der Waals surface area contributed by atoms with Crippen molar-refractivity contribution in [2.75, 3.05) is 5.32 Å². The highest BCUT2D eigenvalue weighted by Gasteiger charge is 2.46. The monoisotopic (exact) mass is 421 g/mol. The van der Waals surface area contributed by atoms with Crippen LogP contribution in [0.4, 0.5) is 11.4 Å². The van der Waals surface area contributed by atoms with Gasteiger partial charge in [-0.25, -0.2) is 4.99 Å². The van der Waals surface area contributed by atoms with Crippen LogP contribution in [0.15, 0.2) is 47.5 Å². The molecule has 156 valence electrons. The fraction of sp³-hybridized carbons (Fsp3) is 0.375. The summed E-state index contributed by atoms with van der Waals surface area (Å²) in [5.74, 6) is -0.140. The predicted octanol–water partition coefficient (Wildman–Crippen LogP) is 4.99. The molecule has 4 rings (SSSR count). The summed E-state index contributed by atoms with van der Waals surface area (Å²) in [6, 6.07) is 14.3. The number of thioether (sulfide) groups is 1. The lowest BCUT2D eigenvalue weighted by molar-refractivity contribution is -0.128. The maximum absolute atomic E-state index is 13.0. The summed E-state index contributed by atoms with van der Waals surface area (Å²) in [5, 5.41) is 3.25. The van der Waals surface area contributed by atoms with Crippen LogP contribution in [0.5, 0.6) is 0 Å². The highest BCUT2D eigenvalue weighted by molar-refractivity contribution is 8.15. The van der Waals surface area contributed by atoms with Crippen molar-refractivity contribution >= 4 is 40.1 Å². The zero-order chi connectivity index (χ0) is 21.3. The van der Waals surface area contributed by atoms with Gasteiger partial charge in [-0.1, -0.05) is 48.5 Å². The number of anilines is 1. The van der Waals surface area contributed by atoms with E-state index in [1.807, 2.05) is 49.1 Å². The van der Waals surface area contributed by atoms with E-state index in [4.69, 9.17) is 4.99 Å². The number of aryl methyl sites for hydroxylation is 3. The number of amidine groups is 1. The molecule has 1 saturated carbocycles. The quantitative estimate of drug-likeness (QED) is 0.715. The predicted molar refractivity (Wildman–Crippen MR) is 123 cm³/mol. The van der Waals surface area contributed by atoms with Crippen LogP contribution < -0.4 is 5.32 Å². The average molecular weight is 422 g/mol. The van der Waals surface area contributed by atoms with Crippen molar-refractivity contribution < 1.29 is 9.59 Å². The molecule has 30 heavy (non-hydrogen) atoms. The third-order valence-electron chi connectivity index (χ3n) is 5.47. The molecule has 5 nitrogen and oxygen atoms in total. The Morgan fingerprint density at radius 3 is 2.53 bits per heavy atom. The van der Waals surface area contributed by atoms with Crippen LogP contribution in [0.2, 0.25) is 0 Å². The summed E-state index contributed by atoms with van der Waals surface area (Å²) in [6.45, 7) is 6.12. The molecule has 0 spiro atoms. The fourth-order valence-electron chi connectivity index (χ4n) is 3.60. The molecule has 2 aromatic carbocycles. The second kappa shape index (κ2) is 8.64. The molecule has 1 aliphatic heterocycles. The number of rotatable bonds is 6. The molecule has 2 amide bonds. The van der Waals surface area contributed by atoms with Gasteiger partial charge >= 0.3 is 0 Å². The van der Waals surface area contributed by atoms with Crippen molar-refractivity contribution in [2.24, 2.45) is 4.99 Å². The molecular weight excluding hydrogens is 394 g/mol. The van der Waals surface area contributed by atoms with Crippen LogP contribution in [0.3, 0.4) is 0 Å². The number of hydrogen-bond donors (Lipinski definition) is 1. The minimum Gasteiger partial charge on any atom is -0.326 e. The molecule has 1 atom stereocenters. The third kappa shape index (κ3) is 4.59. The number of nitrogens with zero attached hydrogens (tertiary/aromatic N) is 2. The van der Waals surface area contributed by atoms with Crippen molar-refractivity contribution in [3.05, 3.63) is 59.2 Å². The van der Waals surface area contributed by atoms with E-state index in [-0.39, 0.29) is 24.3 Å².